The number of hydrogen-bond donors (Lipinski definition) is 1. The van der Waals surface area contributed by atoms with Crippen molar-refractivity contribution in [3.05, 3.63) is 59.4 Å². The summed E-state index contributed by atoms with van der Waals surface area (Å²) in [6.45, 7) is 1.78. The molecule has 0 radical (unpaired) electrons. The summed E-state index contributed by atoms with van der Waals surface area (Å²) in [5, 5.41) is 9.51. The summed E-state index contributed by atoms with van der Waals surface area (Å²) in [7, 11) is 1.43. The van der Waals surface area contributed by atoms with E-state index in [1.165, 1.54) is 7.11 Å². The van der Waals surface area contributed by atoms with Crippen LogP contribution in [-0.2, 0) is 6.61 Å². The molecule has 1 unspecified atom stereocenters. The minimum Gasteiger partial charge on any atom is -0.494 e. The molecule has 106 valence electrons. The van der Waals surface area contributed by atoms with Gasteiger partial charge < -0.3 is 14.6 Å². The zero-order valence-electron chi connectivity index (χ0n) is 11.5. The molecule has 2 aromatic carbocycles. The van der Waals surface area contributed by atoms with Gasteiger partial charge in [-0.1, -0.05) is 24.3 Å². The first-order valence-electron chi connectivity index (χ1n) is 6.34. The van der Waals surface area contributed by atoms with E-state index in [1.807, 2.05) is 6.07 Å². The van der Waals surface area contributed by atoms with Crippen LogP contribution < -0.4 is 9.47 Å². The molecule has 0 amide bonds. The second-order valence-electron chi connectivity index (χ2n) is 4.47. The molecule has 0 bridgehead atoms. The number of hydrogen-bond acceptors (Lipinski definition) is 3. The summed E-state index contributed by atoms with van der Waals surface area (Å²) in [5.74, 6) is 0.371. The van der Waals surface area contributed by atoms with Crippen molar-refractivity contribution in [1.29, 1.82) is 0 Å². The Kier molecular flexibility index (Phi) is 4.58. The van der Waals surface area contributed by atoms with Crippen LogP contribution in [0, 0.1) is 5.82 Å². The Morgan fingerprint density at radius 3 is 2.65 bits per heavy atom. The molecule has 0 saturated carbocycles. The van der Waals surface area contributed by atoms with Gasteiger partial charge >= 0.3 is 0 Å². The van der Waals surface area contributed by atoms with Crippen LogP contribution in [0.4, 0.5) is 4.39 Å². The van der Waals surface area contributed by atoms with E-state index in [4.69, 9.17) is 9.47 Å². The highest BCUT2D eigenvalue weighted by Gasteiger charge is 2.09. The number of rotatable bonds is 5. The van der Waals surface area contributed by atoms with E-state index in [1.54, 1.807) is 43.3 Å². The molecular weight excluding hydrogens is 259 g/mol. The third-order valence-electron chi connectivity index (χ3n) is 3.00. The van der Waals surface area contributed by atoms with E-state index < -0.39 is 11.9 Å². The lowest BCUT2D eigenvalue weighted by molar-refractivity contribution is 0.198. The molecule has 0 aliphatic carbocycles. The monoisotopic (exact) mass is 276 g/mol. The number of aliphatic hydroxyl groups excluding tert-OH is 1. The quantitative estimate of drug-likeness (QED) is 0.908. The first kappa shape index (κ1) is 14.3. The number of methoxy groups -OCH3 is 1. The van der Waals surface area contributed by atoms with Crippen LogP contribution in [0.5, 0.6) is 11.5 Å². The molecular formula is C16H17FO3. The van der Waals surface area contributed by atoms with Crippen molar-refractivity contribution < 1.29 is 19.0 Å². The van der Waals surface area contributed by atoms with Crippen molar-refractivity contribution >= 4 is 0 Å². The molecule has 1 atom stereocenters. The van der Waals surface area contributed by atoms with Gasteiger partial charge in [-0.15, -0.1) is 0 Å². The summed E-state index contributed by atoms with van der Waals surface area (Å²) >= 11 is 0. The van der Waals surface area contributed by atoms with Crippen LogP contribution in [0.15, 0.2) is 42.5 Å². The Morgan fingerprint density at radius 2 is 1.95 bits per heavy atom. The Labute approximate surface area is 117 Å². The number of halogens is 1. The van der Waals surface area contributed by atoms with Gasteiger partial charge in [-0.25, -0.2) is 4.39 Å². The number of aliphatic hydroxyl groups is 1. The standard InChI is InChI=1S/C16H17FO3/c1-11(18)12-5-3-7-14(9-12)20-10-13-6-4-8-15(19-2)16(13)17/h3-9,11,18H,10H2,1-2H3. The lowest BCUT2D eigenvalue weighted by Gasteiger charge is -2.11. The van der Waals surface area contributed by atoms with E-state index in [2.05, 4.69) is 0 Å². The van der Waals surface area contributed by atoms with Gasteiger partial charge in [-0.05, 0) is 30.7 Å². The fourth-order valence-electron chi connectivity index (χ4n) is 1.85. The average Bonchev–Trinajstić information content (AvgIpc) is 2.46. The average molecular weight is 276 g/mol. The van der Waals surface area contributed by atoms with Crippen LogP contribution in [0.1, 0.15) is 24.2 Å². The minimum atomic E-state index is -0.563. The smallest absolute Gasteiger partial charge is 0.171 e. The summed E-state index contributed by atoms with van der Waals surface area (Å²) in [4.78, 5) is 0. The lowest BCUT2D eigenvalue weighted by Crippen LogP contribution is -2.01. The van der Waals surface area contributed by atoms with Crippen LogP contribution in [0.2, 0.25) is 0 Å². The fourth-order valence-corrected chi connectivity index (χ4v) is 1.85. The molecule has 0 aromatic heterocycles. The van der Waals surface area contributed by atoms with Crippen molar-refractivity contribution in [1.82, 2.24) is 0 Å². The van der Waals surface area contributed by atoms with Crippen molar-refractivity contribution in [3.8, 4) is 11.5 Å². The highest BCUT2D eigenvalue weighted by molar-refractivity contribution is 5.32. The summed E-state index contributed by atoms with van der Waals surface area (Å²) < 4.78 is 24.4. The molecule has 0 saturated heterocycles. The molecule has 1 N–H and O–H groups in total. The maximum Gasteiger partial charge on any atom is 0.171 e. The molecule has 0 aliphatic heterocycles. The number of ether oxygens (including phenoxy) is 2. The van der Waals surface area contributed by atoms with Crippen molar-refractivity contribution in [2.75, 3.05) is 7.11 Å². The van der Waals surface area contributed by atoms with E-state index in [0.717, 1.165) is 5.56 Å². The van der Waals surface area contributed by atoms with Crippen LogP contribution >= 0.6 is 0 Å². The first-order valence-corrected chi connectivity index (χ1v) is 6.34. The molecule has 0 spiro atoms. The maximum atomic E-state index is 13.9. The van der Waals surface area contributed by atoms with Crippen LogP contribution in [0.25, 0.3) is 0 Å². The van der Waals surface area contributed by atoms with Crippen molar-refractivity contribution in [3.63, 3.8) is 0 Å². The molecule has 20 heavy (non-hydrogen) atoms. The topological polar surface area (TPSA) is 38.7 Å². The van der Waals surface area contributed by atoms with Gasteiger partial charge in [-0.2, -0.15) is 0 Å². The summed E-state index contributed by atoms with van der Waals surface area (Å²) in [6.07, 6.45) is -0.563. The Hall–Kier alpha value is -2.07. The minimum absolute atomic E-state index is 0.103. The first-order chi connectivity index (χ1) is 9.61. The zero-order chi connectivity index (χ0) is 14.5. The third kappa shape index (κ3) is 3.27. The SMILES string of the molecule is COc1cccc(COc2cccc(C(C)O)c2)c1F. The van der Waals surface area contributed by atoms with Gasteiger partial charge in [0.25, 0.3) is 0 Å². The predicted octanol–water partition coefficient (Wildman–Crippen LogP) is 3.47. The van der Waals surface area contributed by atoms with Crippen LogP contribution in [-0.4, -0.2) is 12.2 Å². The molecule has 4 heteroatoms. The highest BCUT2D eigenvalue weighted by Crippen LogP contribution is 2.23. The van der Waals surface area contributed by atoms with Crippen LogP contribution in [0.3, 0.4) is 0 Å². The van der Waals surface area contributed by atoms with Gasteiger partial charge in [0, 0.05) is 5.56 Å². The molecule has 0 fully saturated rings. The van der Waals surface area contributed by atoms with Gasteiger partial charge in [-0.3, -0.25) is 0 Å². The molecule has 2 rings (SSSR count). The lowest BCUT2D eigenvalue weighted by atomic mass is 10.1. The summed E-state index contributed by atoms with van der Waals surface area (Å²) in [6, 6.07) is 12.0. The van der Waals surface area contributed by atoms with E-state index in [-0.39, 0.29) is 12.4 Å². The fraction of sp³-hybridized carbons (Fsp3) is 0.250. The highest BCUT2D eigenvalue weighted by atomic mass is 19.1. The molecule has 0 heterocycles. The molecule has 0 aliphatic rings. The van der Waals surface area contributed by atoms with Crippen molar-refractivity contribution in [2.45, 2.75) is 19.6 Å². The maximum absolute atomic E-state index is 13.9. The van der Waals surface area contributed by atoms with Gasteiger partial charge in [0.15, 0.2) is 11.6 Å². The number of benzene rings is 2. The van der Waals surface area contributed by atoms with Gasteiger partial charge in [0.1, 0.15) is 12.4 Å². The second-order valence-corrected chi connectivity index (χ2v) is 4.47. The second kappa shape index (κ2) is 6.39. The predicted molar refractivity (Wildman–Crippen MR) is 74.4 cm³/mol. The molecule has 2 aromatic rings. The van der Waals surface area contributed by atoms with Crippen molar-refractivity contribution in [2.24, 2.45) is 0 Å². The summed E-state index contributed by atoms with van der Waals surface area (Å²) in [5.41, 5.74) is 1.18. The Morgan fingerprint density at radius 1 is 1.20 bits per heavy atom. The largest absolute Gasteiger partial charge is 0.494 e. The van der Waals surface area contributed by atoms with Gasteiger partial charge in [0.2, 0.25) is 0 Å². The Balaban J connectivity index is 2.11. The Bertz CT molecular complexity index is 582. The third-order valence-corrected chi connectivity index (χ3v) is 3.00. The normalized spacial score (nSPS) is 12.0. The van der Waals surface area contributed by atoms with E-state index >= 15 is 0 Å². The zero-order valence-corrected chi connectivity index (χ0v) is 11.5. The molecule has 3 nitrogen and oxygen atoms in total. The van der Waals surface area contributed by atoms with E-state index in [9.17, 15) is 9.50 Å². The van der Waals surface area contributed by atoms with E-state index in [0.29, 0.717) is 11.3 Å². The van der Waals surface area contributed by atoms with Gasteiger partial charge in [0.05, 0.1) is 13.2 Å².